The fourth-order valence-electron chi connectivity index (χ4n) is 5.24. The van der Waals surface area contributed by atoms with Crippen LogP contribution in [0.2, 0.25) is 0 Å². The van der Waals surface area contributed by atoms with Gasteiger partial charge in [0.05, 0.1) is 13.2 Å². The van der Waals surface area contributed by atoms with E-state index >= 15 is 0 Å². The van der Waals surface area contributed by atoms with E-state index in [1.54, 1.807) is 4.68 Å². The molecular formula is C28H34N4O3. The van der Waals surface area contributed by atoms with Gasteiger partial charge in [-0.2, -0.15) is 5.10 Å². The molecule has 2 aliphatic heterocycles. The summed E-state index contributed by atoms with van der Waals surface area (Å²) in [7, 11) is 1.89. The number of likely N-dealkylation sites (tertiary alicyclic amines) is 1. The minimum atomic E-state index is -0.415. The number of fused-ring (bicyclic) bond motifs is 1. The van der Waals surface area contributed by atoms with Crippen molar-refractivity contribution >= 4 is 5.91 Å². The number of aromatic nitrogens is 2. The number of rotatable bonds is 5. The van der Waals surface area contributed by atoms with E-state index in [2.05, 4.69) is 35.1 Å². The summed E-state index contributed by atoms with van der Waals surface area (Å²) < 4.78 is 8.51. The first-order valence-electron chi connectivity index (χ1n) is 12.5. The number of carbonyl (C=O) groups is 1. The van der Waals surface area contributed by atoms with Gasteiger partial charge in [-0.3, -0.25) is 14.4 Å². The maximum atomic E-state index is 13.6. The molecule has 1 aromatic heterocycles. The molecule has 0 aliphatic carbocycles. The Balaban J connectivity index is 1.34. The van der Waals surface area contributed by atoms with Crippen LogP contribution in [0.1, 0.15) is 52.6 Å². The molecule has 35 heavy (non-hydrogen) atoms. The standard InChI is InChI=1S/C28H34N4O3/c1-3-24-16-25(29-30(24)2)27(34)32-18-23-6-4-5-7-26(23)35-28(20-32)12-14-31(15-13-28)17-21-8-10-22(19-33)11-9-21/h4-11,16,33H,3,12-15,17-20H2,1-2H3. The van der Waals surface area contributed by atoms with Gasteiger partial charge in [-0.1, -0.05) is 49.4 Å². The Labute approximate surface area is 206 Å². The van der Waals surface area contributed by atoms with Crippen LogP contribution in [0.4, 0.5) is 0 Å². The lowest BCUT2D eigenvalue weighted by Gasteiger charge is -2.42. The van der Waals surface area contributed by atoms with Gasteiger partial charge >= 0.3 is 0 Å². The lowest BCUT2D eigenvalue weighted by molar-refractivity contribution is -0.0170. The molecular weight excluding hydrogens is 440 g/mol. The van der Waals surface area contributed by atoms with Gasteiger partial charge in [0.2, 0.25) is 0 Å². The molecule has 3 heterocycles. The Hall–Kier alpha value is -3.16. The van der Waals surface area contributed by atoms with Gasteiger partial charge in [-0.05, 0) is 29.7 Å². The molecule has 7 nitrogen and oxygen atoms in total. The average molecular weight is 475 g/mol. The smallest absolute Gasteiger partial charge is 0.274 e. The lowest BCUT2D eigenvalue weighted by atomic mass is 9.90. The van der Waals surface area contributed by atoms with Crippen LogP contribution in [-0.2, 0) is 33.2 Å². The first kappa shape index (κ1) is 23.6. The van der Waals surface area contributed by atoms with E-state index in [1.165, 1.54) is 5.56 Å². The predicted molar refractivity (Wildman–Crippen MR) is 134 cm³/mol. The minimum Gasteiger partial charge on any atom is -0.485 e. The van der Waals surface area contributed by atoms with Crippen LogP contribution >= 0.6 is 0 Å². The fourth-order valence-corrected chi connectivity index (χ4v) is 5.24. The van der Waals surface area contributed by atoms with Crippen molar-refractivity contribution in [1.82, 2.24) is 19.6 Å². The second kappa shape index (κ2) is 9.84. The van der Waals surface area contributed by atoms with E-state index in [0.29, 0.717) is 18.8 Å². The van der Waals surface area contributed by atoms with Gasteiger partial charge in [0.25, 0.3) is 5.91 Å². The Bertz CT molecular complexity index is 1180. The minimum absolute atomic E-state index is 0.0358. The summed E-state index contributed by atoms with van der Waals surface area (Å²) in [5, 5.41) is 13.8. The molecule has 0 unspecified atom stereocenters. The monoisotopic (exact) mass is 474 g/mol. The molecule has 0 atom stereocenters. The van der Waals surface area contributed by atoms with Crippen molar-refractivity contribution in [3.63, 3.8) is 0 Å². The van der Waals surface area contributed by atoms with Crippen molar-refractivity contribution < 1.29 is 14.6 Å². The highest BCUT2D eigenvalue weighted by Crippen LogP contribution is 2.36. The SMILES string of the molecule is CCc1cc(C(=O)N2Cc3ccccc3OC3(CCN(Cc4ccc(CO)cc4)CC3)C2)nn1C. The highest BCUT2D eigenvalue weighted by atomic mass is 16.5. The largest absolute Gasteiger partial charge is 0.485 e. The topological polar surface area (TPSA) is 70.8 Å². The Morgan fingerprint density at radius 2 is 1.80 bits per heavy atom. The van der Waals surface area contributed by atoms with Crippen LogP contribution in [0, 0.1) is 0 Å². The first-order valence-corrected chi connectivity index (χ1v) is 12.5. The van der Waals surface area contributed by atoms with Gasteiger partial charge in [-0.25, -0.2) is 0 Å². The molecule has 1 fully saturated rings. The summed E-state index contributed by atoms with van der Waals surface area (Å²) in [6.07, 6.45) is 2.54. The Kier molecular flexibility index (Phi) is 6.62. The Morgan fingerprint density at radius 3 is 2.49 bits per heavy atom. The molecule has 7 heteroatoms. The van der Waals surface area contributed by atoms with Crippen molar-refractivity contribution in [3.8, 4) is 5.75 Å². The molecule has 2 aliphatic rings. The van der Waals surface area contributed by atoms with E-state index in [9.17, 15) is 9.90 Å². The van der Waals surface area contributed by atoms with Gasteiger partial charge in [0, 0.05) is 57.3 Å². The molecule has 2 aromatic carbocycles. The maximum absolute atomic E-state index is 13.6. The number of para-hydroxylation sites is 1. The highest BCUT2D eigenvalue weighted by molar-refractivity contribution is 5.92. The fraction of sp³-hybridized carbons (Fsp3) is 0.429. The van der Waals surface area contributed by atoms with Gasteiger partial charge in [-0.15, -0.1) is 0 Å². The molecule has 184 valence electrons. The molecule has 1 amide bonds. The molecule has 0 bridgehead atoms. The predicted octanol–water partition coefficient (Wildman–Crippen LogP) is 3.54. The second-order valence-corrected chi connectivity index (χ2v) is 9.80. The third kappa shape index (κ3) is 4.97. The number of hydrogen-bond donors (Lipinski definition) is 1. The summed E-state index contributed by atoms with van der Waals surface area (Å²) in [4.78, 5) is 18.0. The summed E-state index contributed by atoms with van der Waals surface area (Å²) >= 11 is 0. The van der Waals surface area contributed by atoms with E-state index in [0.717, 1.165) is 61.5 Å². The van der Waals surface area contributed by atoms with Crippen molar-refractivity contribution in [1.29, 1.82) is 0 Å². The van der Waals surface area contributed by atoms with Crippen molar-refractivity contribution in [2.24, 2.45) is 7.05 Å². The second-order valence-electron chi connectivity index (χ2n) is 9.80. The zero-order valence-corrected chi connectivity index (χ0v) is 20.6. The number of piperidine rings is 1. The van der Waals surface area contributed by atoms with Crippen molar-refractivity contribution in [2.75, 3.05) is 19.6 Å². The zero-order valence-electron chi connectivity index (χ0n) is 20.6. The van der Waals surface area contributed by atoms with Gasteiger partial charge < -0.3 is 14.7 Å². The molecule has 1 spiro atoms. The Morgan fingerprint density at radius 1 is 1.09 bits per heavy atom. The van der Waals surface area contributed by atoms with Crippen LogP contribution in [0.15, 0.2) is 54.6 Å². The first-order chi connectivity index (χ1) is 17.0. The summed E-state index contributed by atoms with van der Waals surface area (Å²) in [5.74, 6) is 0.845. The van der Waals surface area contributed by atoms with Gasteiger partial charge in [0.1, 0.15) is 11.4 Å². The van der Waals surface area contributed by atoms with Crippen molar-refractivity contribution in [2.45, 2.75) is 51.5 Å². The van der Waals surface area contributed by atoms with E-state index in [1.807, 2.05) is 48.3 Å². The third-order valence-corrected chi connectivity index (χ3v) is 7.36. The third-order valence-electron chi connectivity index (χ3n) is 7.36. The number of benzene rings is 2. The number of aliphatic hydroxyl groups excluding tert-OH is 1. The van der Waals surface area contributed by atoms with E-state index < -0.39 is 5.60 Å². The van der Waals surface area contributed by atoms with Crippen molar-refractivity contribution in [3.05, 3.63) is 82.7 Å². The number of aryl methyl sites for hydroxylation is 2. The lowest BCUT2D eigenvalue weighted by Crippen LogP contribution is -2.54. The highest BCUT2D eigenvalue weighted by Gasteiger charge is 2.42. The molecule has 0 radical (unpaired) electrons. The van der Waals surface area contributed by atoms with Crippen LogP contribution in [0.5, 0.6) is 5.75 Å². The van der Waals surface area contributed by atoms with Crippen LogP contribution in [0.25, 0.3) is 0 Å². The zero-order chi connectivity index (χ0) is 24.4. The average Bonchev–Trinajstić information content (AvgIpc) is 3.18. The van der Waals surface area contributed by atoms with Crippen LogP contribution in [-0.4, -0.2) is 55.8 Å². The normalized spacial score (nSPS) is 17.6. The van der Waals surface area contributed by atoms with E-state index in [4.69, 9.17) is 4.74 Å². The summed E-state index contributed by atoms with van der Waals surface area (Å²) in [6, 6.07) is 18.1. The number of ether oxygens (including phenoxy) is 1. The summed E-state index contributed by atoms with van der Waals surface area (Å²) in [6.45, 7) is 5.89. The molecule has 0 saturated carbocycles. The molecule has 5 rings (SSSR count). The molecule has 1 saturated heterocycles. The van der Waals surface area contributed by atoms with Crippen LogP contribution < -0.4 is 4.74 Å². The number of carbonyl (C=O) groups excluding carboxylic acids is 1. The number of hydrogen-bond acceptors (Lipinski definition) is 5. The number of aliphatic hydroxyl groups is 1. The van der Waals surface area contributed by atoms with Gasteiger partial charge in [0.15, 0.2) is 5.69 Å². The number of nitrogens with zero attached hydrogens (tertiary/aromatic N) is 4. The summed E-state index contributed by atoms with van der Waals surface area (Å²) in [5.41, 5.74) is 4.35. The number of amides is 1. The van der Waals surface area contributed by atoms with E-state index in [-0.39, 0.29) is 12.5 Å². The maximum Gasteiger partial charge on any atom is 0.274 e. The molecule has 1 N–H and O–H groups in total. The quantitative estimate of drug-likeness (QED) is 0.613. The van der Waals surface area contributed by atoms with Crippen LogP contribution in [0.3, 0.4) is 0 Å². The molecule has 3 aromatic rings.